The molecule has 116 valence electrons. The van der Waals surface area contributed by atoms with Gasteiger partial charge in [0.05, 0.1) is 12.2 Å². The van der Waals surface area contributed by atoms with Gasteiger partial charge in [-0.15, -0.1) is 0 Å². The minimum absolute atomic E-state index is 0.273. The lowest BCUT2D eigenvalue weighted by atomic mass is 10.2. The van der Waals surface area contributed by atoms with Crippen LogP contribution in [0.5, 0.6) is 5.75 Å². The Kier molecular flexibility index (Phi) is 6.05. The molecule has 0 heterocycles. The average molecular weight is 291 g/mol. The summed E-state index contributed by atoms with van der Waals surface area (Å²) in [7, 11) is 0. The second-order valence-electron chi connectivity index (χ2n) is 5.66. The summed E-state index contributed by atoms with van der Waals surface area (Å²) in [6.07, 6.45) is 6.16. The molecule has 1 N–H and O–H groups in total. The first kappa shape index (κ1) is 15.8. The second-order valence-corrected chi connectivity index (χ2v) is 5.66. The van der Waals surface area contributed by atoms with Crippen LogP contribution in [-0.2, 0) is 0 Å². The van der Waals surface area contributed by atoms with Crippen molar-refractivity contribution in [2.24, 2.45) is 0 Å². The van der Waals surface area contributed by atoms with Crippen LogP contribution in [0.15, 0.2) is 24.3 Å². The van der Waals surface area contributed by atoms with Crippen molar-refractivity contribution in [2.75, 3.05) is 19.7 Å². The summed E-state index contributed by atoms with van der Waals surface area (Å²) in [5.41, 5.74) is 0.273. The molecule has 1 fully saturated rings. The Morgan fingerprint density at radius 3 is 2.76 bits per heavy atom. The first-order chi connectivity index (χ1) is 10.2. The third-order valence-electron chi connectivity index (χ3n) is 3.80. The lowest BCUT2D eigenvalue weighted by Gasteiger charge is -2.21. The highest BCUT2D eigenvalue weighted by molar-refractivity contribution is 5.87. The van der Waals surface area contributed by atoms with Gasteiger partial charge in [-0.05, 0) is 50.4 Å². The van der Waals surface area contributed by atoms with Gasteiger partial charge >= 0.3 is 5.97 Å². The lowest BCUT2D eigenvalue weighted by molar-refractivity contribution is 0.0696. The van der Waals surface area contributed by atoms with Crippen LogP contribution in [0.1, 0.15) is 49.4 Å². The Morgan fingerprint density at radius 2 is 2.10 bits per heavy atom. The molecule has 1 saturated carbocycles. The fourth-order valence-electron chi connectivity index (χ4n) is 2.45. The first-order valence-corrected chi connectivity index (χ1v) is 7.91. The molecule has 0 atom stereocenters. The number of aromatic carboxylic acids is 1. The van der Waals surface area contributed by atoms with Crippen molar-refractivity contribution < 1.29 is 14.6 Å². The third kappa shape index (κ3) is 5.38. The summed E-state index contributed by atoms with van der Waals surface area (Å²) in [4.78, 5) is 13.5. The molecule has 0 radical (unpaired) electrons. The van der Waals surface area contributed by atoms with Gasteiger partial charge < -0.3 is 14.7 Å². The van der Waals surface area contributed by atoms with Crippen LogP contribution >= 0.6 is 0 Å². The molecule has 0 unspecified atom stereocenters. The number of ether oxygens (including phenoxy) is 1. The smallest absolute Gasteiger partial charge is 0.335 e. The highest BCUT2D eigenvalue weighted by Gasteiger charge is 2.27. The number of benzene rings is 1. The van der Waals surface area contributed by atoms with Gasteiger partial charge in [0.2, 0.25) is 0 Å². The van der Waals surface area contributed by atoms with Crippen LogP contribution in [0.4, 0.5) is 0 Å². The van der Waals surface area contributed by atoms with E-state index in [9.17, 15) is 4.79 Å². The molecule has 0 bridgehead atoms. The van der Waals surface area contributed by atoms with Crippen LogP contribution < -0.4 is 4.74 Å². The van der Waals surface area contributed by atoms with Crippen LogP contribution in [0.2, 0.25) is 0 Å². The molecule has 4 heteroatoms. The number of carbonyl (C=O) groups is 1. The van der Waals surface area contributed by atoms with Crippen LogP contribution in [-0.4, -0.2) is 41.7 Å². The maximum atomic E-state index is 10.9. The van der Waals surface area contributed by atoms with Gasteiger partial charge in [0.15, 0.2) is 0 Å². The van der Waals surface area contributed by atoms with E-state index in [4.69, 9.17) is 9.84 Å². The maximum Gasteiger partial charge on any atom is 0.335 e. The molecule has 0 aliphatic heterocycles. The zero-order chi connectivity index (χ0) is 15.1. The topological polar surface area (TPSA) is 49.8 Å². The summed E-state index contributed by atoms with van der Waals surface area (Å²) < 4.78 is 5.66. The minimum atomic E-state index is -0.917. The molecule has 2 rings (SSSR count). The number of carboxylic acid groups (broad SMARTS) is 1. The normalized spacial score (nSPS) is 14.4. The largest absolute Gasteiger partial charge is 0.494 e. The van der Waals surface area contributed by atoms with Crippen molar-refractivity contribution in [3.8, 4) is 5.75 Å². The van der Waals surface area contributed by atoms with Crippen molar-refractivity contribution in [3.63, 3.8) is 0 Å². The Morgan fingerprint density at radius 1 is 1.33 bits per heavy atom. The average Bonchev–Trinajstić information content (AvgIpc) is 3.31. The molecule has 1 aliphatic rings. The molecule has 0 spiro atoms. The molecule has 0 aromatic heterocycles. The number of rotatable bonds is 10. The highest BCUT2D eigenvalue weighted by atomic mass is 16.5. The van der Waals surface area contributed by atoms with E-state index in [0.29, 0.717) is 12.4 Å². The maximum absolute atomic E-state index is 10.9. The van der Waals surface area contributed by atoms with Crippen molar-refractivity contribution >= 4 is 5.97 Å². The standard InChI is InChI=1S/C17H25NO3/c1-2-3-10-18(15-8-9-15)11-5-12-21-16-7-4-6-14(13-16)17(19)20/h4,6-7,13,15H,2-3,5,8-12H2,1H3,(H,19,20). The van der Waals surface area contributed by atoms with Gasteiger partial charge in [0, 0.05) is 12.6 Å². The molecular weight excluding hydrogens is 266 g/mol. The van der Waals surface area contributed by atoms with Gasteiger partial charge in [-0.2, -0.15) is 0 Å². The van der Waals surface area contributed by atoms with Crippen molar-refractivity contribution in [3.05, 3.63) is 29.8 Å². The Balaban J connectivity index is 1.71. The summed E-state index contributed by atoms with van der Waals surface area (Å²) in [5, 5.41) is 8.94. The van der Waals surface area contributed by atoms with Gasteiger partial charge in [-0.25, -0.2) is 4.79 Å². The molecule has 1 aromatic rings. The number of carboxylic acids is 1. The fraction of sp³-hybridized carbons (Fsp3) is 0.588. The zero-order valence-corrected chi connectivity index (χ0v) is 12.8. The molecular formula is C17H25NO3. The monoisotopic (exact) mass is 291 g/mol. The number of unbranched alkanes of at least 4 members (excludes halogenated alkanes) is 1. The van der Waals surface area contributed by atoms with Crippen LogP contribution in [0, 0.1) is 0 Å². The van der Waals surface area contributed by atoms with E-state index in [0.717, 1.165) is 19.0 Å². The predicted octanol–water partition coefficient (Wildman–Crippen LogP) is 3.42. The highest BCUT2D eigenvalue weighted by Crippen LogP contribution is 2.27. The van der Waals surface area contributed by atoms with Crippen LogP contribution in [0.3, 0.4) is 0 Å². The quantitative estimate of drug-likeness (QED) is 0.671. The van der Waals surface area contributed by atoms with Crippen molar-refractivity contribution in [1.29, 1.82) is 0 Å². The molecule has 1 aromatic carbocycles. The van der Waals surface area contributed by atoms with Gasteiger partial charge in [0.1, 0.15) is 5.75 Å². The lowest BCUT2D eigenvalue weighted by Crippen LogP contribution is -2.29. The van der Waals surface area contributed by atoms with E-state index in [1.165, 1.54) is 32.2 Å². The fourth-order valence-corrected chi connectivity index (χ4v) is 2.45. The zero-order valence-electron chi connectivity index (χ0n) is 12.8. The summed E-state index contributed by atoms with van der Waals surface area (Å²) in [6.45, 7) is 5.13. The van der Waals surface area contributed by atoms with Gasteiger partial charge in [-0.3, -0.25) is 0 Å². The van der Waals surface area contributed by atoms with Crippen LogP contribution in [0.25, 0.3) is 0 Å². The Hall–Kier alpha value is -1.55. The van der Waals surface area contributed by atoms with Crippen molar-refractivity contribution in [2.45, 2.75) is 45.1 Å². The SMILES string of the molecule is CCCCN(CCCOc1cccc(C(=O)O)c1)C1CC1. The third-order valence-corrected chi connectivity index (χ3v) is 3.80. The minimum Gasteiger partial charge on any atom is -0.494 e. The molecule has 0 saturated heterocycles. The summed E-state index contributed by atoms with van der Waals surface area (Å²) in [6, 6.07) is 7.48. The van der Waals surface area contributed by atoms with Crippen molar-refractivity contribution in [1.82, 2.24) is 4.90 Å². The first-order valence-electron chi connectivity index (χ1n) is 7.91. The van der Waals surface area contributed by atoms with E-state index < -0.39 is 5.97 Å². The Labute approximate surface area is 126 Å². The predicted molar refractivity (Wildman–Crippen MR) is 83.0 cm³/mol. The Bertz CT molecular complexity index is 457. The van der Waals surface area contributed by atoms with E-state index in [2.05, 4.69) is 11.8 Å². The molecule has 0 amide bonds. The van der Waals surface area contributed by atoms with E-state index in [-0.39, 0.29) is 5.56 Å². The summed E-state index contributed by atoms with van der Waals surface area (Å²) in [5.74, 6) is -0.277. The van der Waals surface area contributed by atoms with Gasteiger partial charge in [-0.1, -0.05) is 19.4 Å². The molecule has 4 nitrogen and oxygen atoms in total. The van der Waals surface area contributed by atoms with E-state index in [1.807, 2.05) is 6.07 Å². The summed E-state index contributed by atoms with van der Waals surface area (Å²) >= 11 is 0. The van der Waals surface area contributed by atoms with E-state index in [1.54, 1.807) is 18.2 Å². The number of hydrogen-bond donors (Lipinski definition) is 1. The number of hydrogen-bond acceptors (Lipinski definition) is 3. The van der Waals surface area contributed by atoms with Gasteiger partial charge in [0.25, 0.3) is 0 Å². The van der Waals surface area contributed by atoms with E-state index >= 15 is 0 Å². The number of nitrogens with zero attached hydrogens (tertiary/aromatic N) is 1. The second kappa shape index (κ2) is 8.03. The molecule has 1 aliphatic carbocycles. The molecule has 21 heavy (non-hydrogen) atoms.